The van der Waals surface area contributed by atoms with Crippen LogP contribution in [0, 0.1) is 20.8 Å². The molecule has 1 heterocycles. The summed E-state index contributed by atoms with van der Waals surface area (Å²) in [6.07, 6.45) is 0.312. The molecule has 27 heavy (non-hydrogen) atoms. The van der Waals surface area contributed by atoms with Crippen LogP contribution in [0.25, 0.3) is 0 Å². The first-order chi connectivity index (χ1) is 12.9. The summed E-state index contributed by atoms with van der Waals surface area (Å²) in [4.78, 5) is 16.9. The van der Waals surface area contributed by atoms with Crippen LogP contribution < -0.4 is 4.90 Å². The SMILES string of the molecule is Cc1ccc(C2CC2(F)C(=O)N2CCN(c3cc(C)ccc3C)CC2)cc1. The van der Waals surface area contributed by atoms with Gasteiger partial charge in [0.25, 0.3) is 5.91 Å². The van der Waals surface area contributed by atoms with Gasteiger partial charge in [-0.3, -0.25) is 4.79 Å². The van der Waals surface area contributed by atoms with Crippen molar-refractivity contribution in [2.24, 2.45) is 0 Å². The first-order valence-corrected chi connectivity index (χ1v) is 9.75. The van der Waals surface area contributed by atoms with Crippen molar-refractivity contribution >= 4 is 11.6 Å². The lowest BCUT2D eigenvalue weighted by Crippen LogP contribution is -2.51. The number of piperazine rings is 1. The molecule has 1 saturated carbocycles. The summed E-state index contributed by atoms with van der Waals surface area (Å²) in [5.41, 5.74) is 4.07. The van der Waals surface area contributed by atoms with Crippen molar-refractivity contribution in [3.8, 4) is 0 Å². The molecule has 0 N–H and O–H groups in total. The van der Waals surface area contributed by atoms with Crippen LogP contribution in [0.5, 0.6) is 0 Å². The molecule has 2 unspecified atom stereocenters. The number of halogens is 1. The predicted molar refractivity (Wildman–Crippen MR) is 107 cm³/mol. The highest BCUT2D eigenvalue weighted by Gasteiger charge is 2.63. The van der Waals surface area contributed by atoms with Gasteiger partial charge in [0.1, 0.15) is 0 Å². The molecule has 1 aliphatic heterocycles. The van der Waals surface area contributed by atoms with E-state index in [0.29, 0.717) is 19.5 Å². The van der Waals surface area contributed by atoms with Gasteiger partial charge in [-0.1, -0.05) is 42.0 Å². The van der Waals surface area contributed by atoms with Gasteiger partial charge in [-0.2, -0.15) is 0 Å². The number of rotatable bonds is 3. The molecule has 0 bridgehead atoms. The second-order valence-electron chi connectivity index (χ2n) is 8.10. The van der Waals surface area contributed by atoms with Crippen molar-refractivity contribution in [1.29, 1.82) is 0 Å². The molecule has 142 valence electrons. The lowest BCUT2D eigenvalue weighted by Gasteiger charge is -2.37. The number of hydrogen-bond donors (Lipinski definition) is 0. The van der Waals surface area contributed by atoms with Crippen LogP contribution in [0.1, 0.15) is 34.6 Å². The quantitative estimate of drug-likeness (QED) is 0.814. The Bertz CT molecular complexity index is 855. The second kappa shape index (κ2) is 6.66. The molecule has 0 radical (unpaired) electrons. The smallest absolute Gasteiger partial charge is 0.261 e. The fourth-order valence-electron chi connectivity index (χ4n) is 4.13. The summed E-state index contributed by atoms with van der Waals surface area (Å²) in [7, 11) is 0. The fourth-order valence-corrected chi connectivity index (χ4v) is 4.13. The number of hydrogen-bond acceptors (Lipinski definition) is 2. The zero-order valence-electron chi connectivity index (χ0n) is 16.3. The lowest BCUT2D eigenvalue weighted by molar-refractivity contribution is -0.138. The monoisotopic (exact) mass is 366 g/mol. The number of carbonyl (C=O) groups is 1. The number of nitrogens with zero attached hydrogens (tertiary/aromatic N) is 2. The van der Waals surface area contributed by atoms with E-state index in [-0.39, 0.29) is 11.8 Å². The van der Waals surface area contributed by atoms with E-state index < -0.39 is 5.67 Å². The van der Waals surface area contributed by atoms with E-state index in [0.717, 1.165) is 24.2 Å². The summed E-state index contributed by atoms with van der Waals surface area (Å²) in [5, 5.41) is 0. The highest BCUT2D eigenvalue weighted by Crippen LogP contribution is 2.55. The van der Waals surface area contributed by atoms with Crippen molar-refractivity contribution in [2.75, 3.05) is 31.1 Å². The molecule has 1 amide bonds. The standard InChI is InChI=1S/C23H27FN2O/c1-16-5-8-19(9-6-16)20-15-23(20,24)22(27)26-12-10-25(11-13-26)21-14-17(2)4-7-18(21)3/h4-9,14,20H,10-13,15H2,1-3H3. The third-order valence-corrected chi connectivity index (χ3v) is 6.00. The van der Waals surface area contributed by atoms with Crippen molar-refractivity contribution in [2.45, 2.75) is 38.8 Å². The second-order valence-corrected chi connectivity index (χ2v) is 8.10. The topological polar surface area (TPSA) is 23.6 Å². The average molecular weight is 366 g/mol. The molecule has 2 fully saturated rings. The maximum Gasteiger partial charge on any atom is 0.261 e. The zero-order valence-corrected chi connectivity index (χ0v) is 16.3. The number of aryl methyl sites for hydroxylation is 3. The molecule has 4 heteroatoms. The minimum Gasteiger partial charge on any atom is -0.368 e. The van der Waals surface area contributed by atoms with Gasteiger partial charge in [-0.15, -0.1) is 0 Å². The van der Waals surface area contributed by atoms with Gasteiger partial charge in [0.15, 0.2) is 5.67 Å². The highest BCUT2D eigenvalue weighted by molar-refractivity contribution is 5.90. The lowest BCUT2D eigenvalue weighted by atomic mass is 10.1. The van der Waals surface area contributed by atoms with Crippen LogP contribution in [0.2, 0.25) is 0 Å². The van der Waals surface area contributed by atoms with E-state index in [4.69, 9.17) is 0 Å². The first kappa shape index (κ1) is 18.0. The van der Waals surface area contributed by atoms with Crippen LogP contribution in [-0.2, 0) is 4.79 Å². The summed E-state index contributed by atoms with van der Waals surface area (Å²) in [6.45, 7) is 8.88. The van der Waals surface area contributed by atoms with Gasteiger partial charge < -0.3 is 9.80 Å². The minimum absolute atomic E-state index is 0.289. The molecule has 1 aliphatic carbocycles. The van der Waals surface area contributed by atoms with Crippen LogP contribution >= 0.6 is 0 Å². The van der Waals surface area contributed by atoms with Crippen molar-refractivity contribution in [3.05, 3.63) is 64.7 Å². The normalized spacial score (nSPS) is 24.8. The summed E-state index contributed by atoms with van der Waals surface area (Å²) < 4.78 is 15.3. The molecule has 3 nitrogen and oxygen atoms in total. The molecule has 4 rings (SSSR count). The van der Waals surface area contributed by atoms with Crippen LogP contribution in [0.4, 0.5) is 10.1 Å². The Morgan fingerprint density at radius 1 is 0.963 bits per heavy atom. The molecule has 0 spiro atoms. The van der Waals surface area contributed by atoms with Crippen molar-refractivity contribution < 1.29 is 9.18 Å². The largest absolute Gasteiger partial charge is 0.368 e. The number of alkyl halides is 1. The van der Waals surface area contributed by atoms with Crippen molar-refractivity contribution in [1.82, 2.24) is 4.90 Å². The van der Waals surface area contributed by atoms with E-state index in [2.05, 4.69) is 36.9 Å². The third-order valence-electron chi connectivity index (χ3n) is 6.00. The Morgan fingerprint density at radius 2 is 1.59 bits per heavy atom. The number of carbonyl (C=O) groups excluding carboxylic acids is 1. The molecule has 2 aromatic rings. The Morgan fingerprint density at radius 3 is 2.26 bits per heavy atom. The Hall–Kier alpha value is -2.36. The summed E-state index contributed by atoms with van der Waals surface area (Å²) >= 11 is 0. The molecular formula is C23H27FN2O. The van der Waals surface area contributed by atoms with E-state index in [1.54, 1.807) is 4.90 Å². The van der Waals surface area contributed by atoms with Gasteiger partial charge in [0.2, 0.25) is 0 Å². The zero-order chi connectivity index (χ0) is 19.2. The molecule has 2 aromatic carbocycles. The molecule has 2 aliphatic rings. The molecule has 1 saturated heterocycles. The van der Waals surface area contributed by atoms with Crippen molar-refractivity contribution in [3.63, 3.8) is 0 Å². The Labute approximate surface area is 160 Å². The summed E-state index contributed by atoms with van der Waals surface area (Å²) in [6, 6.07) is 14.3. The van der Waals surface area contributed by atoms with Gasteiger partial charge in [-0.05, 0) is 43.5 Å². The van der Waals surface area contributed by atoms with E-state index >= 15 is 4.39 Å². The van der Waals surface area contributed by atoms with Gasteiger partial charge in [0.05, 0.1) is 0 Å². The number of anilines is 1. The third kappa shape index (κ3) is 3.33. The first-order valence-electron chi connectivity index (χ1n) is 9.75. The van der Waals surface area contributed by atoms with Crippen LogP contribution in [-0.4, -0.2) is 42.7 Å². The number of benzene rings is 2. The average Bonchev–Trinajstić information content (AvgIpc) is 3.37. The maximum absolute atomic E-state index is 15.3. The fraction of sp³-hybridized carbons (Fsp3) is 0.435. The molecule has 0 aromatic heterocycles. The van der Waals surface area contributed by atoms with Gasteiger partial charge in [-0.25, -0.2) is 4.39 Å². The summed E-state index contributed by atoms with van der Waals surface area (Å²) in [5.74, 6) is -0.615. The predicted octanol–water partition coefficient (Wildman–Crippen LogP) is 4.16. The van der Waals surface area contributed by atoms with E-state index in [1.807, 2.05) is 31.2 Å². The van der Waals surface area contributed by atoms with Crippen LogP contribution in [0.3, 0.4) is 0 Å². The van der Waals surface area contributed by atoms with Gasteiger partial charge >= 0.3 is 0 Å². The van der Waals surface area contributed by atoms with E-state index in [1.165, 1.54) is 16.8 Å². The maximum atomic E-state index is 15.3. The molecule has 2 atom stereocenters. The molecular weight excluding hydrogens is 339 g/mol. The van der Waals surface area contributed by atoms with E-state index in [9.17, 15) is 4.79 Å². The van der Waals surface area contributed by atoms with Gasteiger partial charge in [0, 0.05) is 44.2 Å². The number of amides is 1. The highest BCUT2D eigenvalue weighted by atomic mass is 19.1. The minimum atomic E-state index is -1.71. The van der Waals surface area contributed by atoms with Crippen LogP contribution in [0.15, 0.2) is 42.5 Å². The Balaban J connectivity index is 1.40. The Kier molecular flexibility index (Phi) is 4.45.